The zero-order valence-corrected chi connectivity index (χ0v) is 6.23. The molecule has 0 amide bonds. The zero-order valence-electron chi connectivity index (χ0n) is 5.33. The van der Waals surface area contributed by atoms with Crippen LogP contribution in [-0.2, 0) is 0 Å². The average molecular weight is 155 g/mol. The van der Waals surface area contributed by atoms with Gasteiger partial charge in [0.25, 0.3) is 0 Å². The van der Waals surface area contributed by atoms with Crippen molar-refractivity contribution in [1.29, 1.82) is 0 Å². The predicted molar refractivity (Wildman–Crippen MR) is 45.9 cm³/mol. The Labute approximate surface area is 64.8 Å². The topological polar surface area (TPSA) is 64.1 Å². The van der Waals surface area contributed by atoms with E-state index >= 15 is 0 Å². The first-order valence-corrected chi connectivity index (χ1v) is 3.24. The van der Waals surface area contributed by atoms with E-state index in [-0.39, 0.29) is 0 Å². The molecule has 0 radical (unpaired) electrons. The van der Waals surface area contributed by atoms with Crippen LogP contribution in [-0.4, -0.2) is 0 Å². The molecule has 0 bridgehead atoms. The van der Waals surface area contributed by atoms with Gasteiger partial charge in [-0.05, 0) is 12.1 Å². The van der Waals surface area contributed by atoms with E-state index in [9.17, 15) is 0 Å². The molecular formula is C6H9N3S. The molecule has 54 valence electrons. The summed E-state index contributed by atoms with van der Waals surface area (Å²) in [5.41, 5.74) is 9.28. The molecule has 0 aliphatic heterocycles. The molecule has 5 N–H and O–H groups in total. The number of nitrogens with two attached hydrogens (primary N) is 2. The van der Waals surface area contributed by atoms with E-state index in [2.05, 4.69) is 18.1 Å². The molecule has 0 fully saturated rings. The Bertz CT molecular complexity index is 216. The number of hydrogen-bond donors (Lipinski definition) is 4. The van der Waals surface area contributed by atoms with Crippen LogP contribution in [0.2, 0.25) is 0 Å². The fourth-order valence-electron chi connectivity index (χ4n) is 0.715. The van der Waals surface area contributed by atoms with E-state index in [1.807, 2.05) is 12.1 Å². The lowest BCUT2D eigenvalue weighted by molar-refractivity contribution is 1.30. The second-order valence-corrected chi connectivity index (χ2v) is 2.37. The number of anilines is 2. The number of hydrazine groups is 1. The van der Waals surface area contributed by atoms with Crippen LogP contribution in [0.4, 0.5) is 11.4 Å². The monoisotopic (exact) mass is 155 g/mol. The minimum atomic E-state index is 0.606. The molecule has 10 heavy (non-hydrogen) atoms. The van der Waals surface area contributed by atoms with Gasteiger partial charge in [0.15, 0.2) is 0 Å². The smallest absolute Gasteiger partial charge is 0.0851 e. The van der Waals surface area contributed by atoms with Gasteiger partial charge < -0.3 is 11.2 Å². The molecule has 0 aromatic heterocycles. The van der Waals surface area contributed by atoms with Crippen LogP contribution in [0, 0.1) is 0 Å². The highest BCUT2D eigenvalue weighted by Gasteiger charge is 1.98. The number of rotatable bonds is 1. The second kappa shape index (κ2) is 2.81. The summed E-state index contributed by atoms with van der Waals surface area (Å²) in [6.45, 7) is 0. The number of benzene rings is 1. The number of nitrogens with one attached hydrogen (secondary N) is 1. The summed E-state index contributed by atoms with van der Waals surface area (Å²) in [7, 11) is 0. The molecule has 1 aromatic carbocycles. The largest absolute Gasteiger partial charge is 0.397 e. The SMILES string of the molecule is NNc1c(N)cccc1S. The Hall–Kier alpha value is -0.870. The summed E-state index contributed by atoms with van der Waals surface area (Å²) in [6.07, 6.45) is 0. The third-order valence-electron chi connectivity index (χ3n) is 1.22. The van der Waals surface area contributed by atoms with Crippen molar-refractivity contribution in [3.05, 3.63) is 18.2 Å². The van der Waals surface area contributed by atoms with Crippen LogP contribution in [0.25, 0.3) is 0 Å². The van der Waals surface area contributed by atoms with Gasteiger partial charge in [-0.15, -0.1) is 12.6 Å². The first kappa shape index (κ1) is 7.24. The van der Waals surface area contributed by atoms with Crippen molar-refractivity contribution in [3.63, 3.8) is 0 Å². The van der Waals surface area contributed by atoms with Gasteiger partial charge in [-0.3, -0.25) is 5.84 Å². The molecule has 0 saturated heterocycles. The Balaban J connectivity index is 3.17. The van der Waals surface area contributed by atoms with Crippen LogP contribution < -0.4 is 17.0 Å². The normalized spacial score (nSPS) is 9.40. The van der Waals surface area contributed by atoms with Gasteiger partial charge in [-0.1, -0.05) is 6.07 Å². The summed E-state index contributed by atoms with van der Waals surface area (Å²) in [4.78, 5) is 0.752. The Morgan fingerprint density at radius 1 is 1.40 bits per heavy atom. The molecule has 1 rings (SSSR count). The Kier molecular flexibility index (Phi) is 2.03. The lowest BCUT2D eigenvalue weighted by Gasteiger charge is -2.05. The standard InChI is InChI=1S/C6H9N3S/c7-4-2-1-3-5(10)6(4)9-8/h1-3,9-10H,7-8H2. The van der Waals surface area contributed by atoms with E-state index in [4.69, 9.17) is 11.6 Å². The predicted octanol–water partition coefficient (Wildman–Crippen LogP) is 0.843. The Morgan fingerprint density at radius 2 is 2.10 bits per heavy atom. The number of thiol groups is 1. The maximum Gasteiger partial charge on any atom is 0.0851 e. The van der Waals surface area contributed by atoms with Crippen LogP contribution in [0.3, 0.4) is 0 Å². The average Bonchev–Trinajstić information content (AvgIpc) is 1.88. The molecule has 0 saturated carbocycles. The summed E-state index contributed by atoms with van der Waals surface area (Å²) in [5.74, 6) is 5.17. The molecule has 0 spiro atoms. The van der Waals surface area contributed by atoms with E-state index < -0.39 is 0 Å². The number of hydrogen-bond acceptors (Lipinski definition) is 4. The highest BCUT2D eigenvalue weighted by Crippen LogP contribution is 2.24. The summed E-state index contributed by atoms with van der Waals surface area (Å²) < 4.78 is 0. The highest BCUT2D eigenvalue weighted by atomic mass is 32.1. The molecule has 0 aliphatic rings. The zero-order chi connectivity index (χ0) is 7.56. The maximum absolute atomic E-state index is 5.54. The lowest BCUT2D eigenvalue weighted by Crippen LogP contribution is -2.09. The van der Waals surface area contributed by atoms with E-state index in [0.717, 1.165) is 4.90 Å². The first-order valence-electron chi connectivity index (χ1n) is 2.79. The van der Waals surface area contributed by atoms with Crippen molar-refractivity contribution < 1.29 is 0 Å². The van der Waals surface area contributed by atoms with Crippen molar-refractivity contribution in [2.24, 2.45) is 5.84 Å². The van der Waals surface area contributed by atoms with Crippen molar-refractivity contribution in [2.75, 3.05) is 11.2 Å². The van der Waals surface area contributed by atoms with Crippen LogP contribution in [0.15, 0.2) is 23.1 Å². The summed E-state index contributed by atoms with van der Waals surface area (Å²) >= 11 is 4.13. The third kappa shape index (κ3) is 1.17. The summed E-state index contributed by atoms with van der Waals surface area (Å²) in [6, 6.07) is 5.39. The van der Waals surface area contributed by atoms with Gasteiger partial charge in [0.2, 0.25) is 0 Å². The first-order chi connectivity index (χ1) is 4.75. The molecule has 3 nitrogen and oxygen atoms in total. The van der Waals surface area contributed by atoms with Gasteiger partial charge in [0.1, 0.15) is 0 Å². The van der Waals surface area contributed by atoms with E-state index in [1.165, 1.54) is 0 Å². The minimum absolute atomic E-state index is 0.606. The molecule has 0 atom stereocenters. The van der Waals surface area contributed by atoms with E-state index in [0.29, 0.717) is 11.4 Å². The molecule has 0 heterocycles. The summed E-state index contributed by atoms with van der Waals surface area (Å²) in [5, 5.41) is 0. The van der Waals surface area contributed by atoms with Crippen molar-refractivity contribution >= 4 is 24.0 Å². The van der Waals surface area contributed by atoms with Crippen molar-refractivity contribution in [3.8, 4) is 0 Å². The highest BCUT2D eigenvalue weighted by molar-refractivity contribution is 7.80. The molecular weight excluding hydrogens is 146 g/mol. The third-order valence-corrected chi connectivity index (χ3v) is 1.59. The molecule has 0 unspecified atom stereocenters. The van der Waals surface area contributed by atoms with Crippen molar-refractivity contribution in [1.82, 2.24) is 0 Å². The van der Waals surface area contributed by atoms with E-state index in [1.54, 1.807) is 6.07 Å². The van der Waals surface area contributed by atoms with Gasteiger partial charge in [-0.25, -0.2) is 0 Å². The maximum atomic E-state index is 5.54. The Morgan fingerprint density at radius 3 is 2.50 bits per heavy atom. The van der Waals surface area contributed by atoms with Gasteiger partial charge in [-0.2, -0.15) is 0 Å². The lowest BCUT2D eigenvalue weighted by atomic mass is 10.3. The number of nitrogen functional groups attached to an aromatic ring is 2. The fraction of sp³-hybridized carbons (Fsp3) is 0. The van der Waals surface area contributed by atoms with Gasteiger partial charge in [0, 0.05) is 4.90 Å². The van der Waals surface area contributed by atoms with Gasteiger partial charge in [0.05, 0.1) is 11.4 Å². The van der Waals surface area contributed by atoms with Crippen LogP contribution >= 0.6 is 12.6 Å². The number of para-hydroxylation sites is 1. The quantitative estimate of drug-likeness (QED) is 0.210. The molecule has 4 heteroatoms. The fourth-order valence-corrected chi connectivity index (χ4v) is 0.994. The minimum Gasteiger partial charge on any atom is -0.397 e. The second-order valence-electron chi connectivity index (χ2n) is 1.89. The molecule has 0 aliphatic carbocycles. The van der Waals surface area contributed by atoms with Gasteiger partial charge >= 0.3 is 0 Å². The van der Waals surface area contributed by atoms with Crippen molar-refractivity contribution in [2.45, 2.75) is 4.90 Å². The van der Waals surface area contributed by atoms with Crippen LogP contribution in [0.1, 0.15) is 0 Å². The van der Waals surface area contributed by atoms with Crippen LogP contribution in [0.5, 0.6) is 0 Å². The molecule has 1 aromatic rings.